The fourth-order valence-electron chi connectivity index (χ4n) is 6.15. The highest BCUT2D eigenvalue weighted by atomic mass is 31.2. The number of hydrogen-bond donors (Lipinski definition) is 3. The number of carbonyl (C=O) groups is 1. The number of allylic oxidation sites excluding steroid dienone is 12. The monoisotopic (exact) mass is 851 g/mol. The van der Waals surface area contributed by atoms with Crippen molar-refractivity contribution in [3.05, 3.63) is 72.9 Å². The molecule has 0 spiro atoms. The van der Waals surface area contributed by atoms with E-state index in [1.54, 1.807) is 0 Å². The summed E-state index contributed by atoms with van der Waals surface area (Å²) in [5.41, 5.74) is 0. The fourth-order valence-corrected chi connectivity index (χ4v) is 6.94. The van der Waals surface area contributed by atoms with Gasteiger partial charge < -0.3 is 24.6 Å². The molecule has 0 aromatic rings. The van der Waals surface area contributed by atoms with Crippen LogP contribution < -0.4 is 0 Å². The lowest BCUT2D eigenvalue weighted by atomic mass is 10.0. The zero-order valence-corrected chi connectivity index (χ0v) is 38.3. The Balaban J connectivity index is 4.24. The molecule has 0 aliphatic heterocycles. The standard InChI is InChI=1S/C49H87O9P/c1-3-5-7-9-11-13-15-17-19-21-23-25-27-29-31-33-35-37-39-41-49(52)58-48(46-57-59(53,54)56-44-47(51)43-50)45-55-42-40-38-36-34-32-30-28-26-24-22-20-18-16-14-12-10-8-6-4-2/h5,7,11,13,17,19,23,25,29,31,35,37,47-48,50-51H,3-4,6,8-10,12,14-16,18,20-22,24,26-28,30,32-34,36,38-46H2,1-2H3,(H,53,54)/b7-5-,13-11-,19-17-,25-23-,31-29-,37-35-. The molecule has 0 aromatic heterocycles. The van der Waals surface area contributed by atoms with Gasteiger partial charge in [0.15, 0.2) is 0 Å². The summed E-state index contributed by atoms with van der Waals surface area (Å²) in [6, 6.07) is 0. The Labute approximate surface area is 361 Å². The molecule has 3 N–H and O–H groups in total. The Morgan fingerprint density at radius 3 is 1.36 bits per heavy atom. The minimum Gasteiger partial charge on any atom is -0.457 e. The predicted molar refractivity (Wildman–Crippen MR) is 246 cm³/mol. The third-order valence-electron chi connectivity index (χ3n) is 9.67. The molecule has 0 amide bonds. The van der Waals surface area contributed by atoms with E-state index in [9.17, 15) is 19.4 Å². The first-order valence-electron chi connectivity index (χ1n) is 23.4. The normalized spacial score (nSPS) is 14.6. The highest BCUT2D eigenvalue weighted by Gasteiger charge is 2.26. The molecule has 0 fully saturated rings. The van der Waals surface area contributed by atoms with E-state index in [-0.39, 0.29) is 13.0 Å². The van der Waals surface area contributed by atoms with Crippen molar-refractivity contribution >= 4 is 13.8 Å². The Hall–Kier alpha value is -2.10. The van der Waals surface area contributed by atoms with Crippen LogP contribution in [0.2, 0.25) is 0 Å². The lowest BCUT2D eigenvalue weighted by Crippen LogP contribution is -2.29. The number of unbranched alkanes of at least 4 members (excludes halogenated alkanes) is 18. The fraction of sp³-hybridized carbons (Fsp3) is 0.735. The largest absolute Gasteiger partial charge is 0.472 e. The highest BCUT2D eigenvalue weighted by molar-refractivity contribution is 7.47. The minimum atomic E-state index is -4.54. The number of rotatable bonds is 44. The van der Waals surface area contributed by atoms with Gasteiger partial charge in [-0.25, -0.2) is 4.57 Å². The highest BCUT2D eigenvalue weighted by Crippen LogP contribution is 2.43. The van der Waals surface area contributed by atoms with Crippen molar-refractivity contribution in [2.75, 3.05) is 33.0 Å². The number of phosphoric ester groups is 1. The molecular weight excluding hydrogens is 764 g/mol. The van der Waals surface area contributed by atoms with Gasteiger partial charge in [0.2, 0.25) is 0 Å². The molecular formula is C49H87O9P. The summed E-state index contributed by atoms with van der Waals surface area (Å²) >= 11 is 0. The van der Waals surface area contributed by atoms with Crippen molar-refractivity contribution in [1.29, 1.82) is 0 Å². The molecule has 0 rings (SSSR count). The van der Waals surface area contributed by atoms with E-state index in [0.717, 1.165) is 57.8 Å². The van der Waals surface area contributed by atoms with Gasteiger partial charge in [-0.2, -0.15) is 0 Å². The van der Waals surface area contributed by atoms with Crippen LogP contribution in [-0.4, -0.2) is 66.3 Å². The topological polar surface area (TPSA) is 132 Å². The number of aliphatic hydroxyl groups is 2. The maximum atomic E-state index is 12.6. The molecule has 0 aliphatic carbocycles. The van der Waals surface area contributed by atoms with Gasteiger partial charge in [0, 0.05) is 13.0 Å². The Kier molecular flexibility index (Phi) is 43.8. The van der Waals surface area contributed by atoms with Gasteiger partial charge in [0.1, 0.15) is 12.2 Å². The van der Waals surface area contributed by atoms with Gasteiger partial charge in [-0.1, -0.05) is 202 Å². The number of ether oxygens (including phenoxy) is 2. The van der Waals surface area contributed by atoms with Crippen molar-refractivity contribution in [2.45, 2.75) is 199 Å². The van der Waals surface area contributed by atoms with Crippen LogP contribution in [0, 0.1) is 0 Å². The first kappa shape index (κ1) is 56.9. The Bertz CT molecular complexity index is 1150. The summed E-state index contributed by atoms with van der Waals surface area (Å²) in [5, 5.41) is 18.4. The molecule has 59 heavy (non-hydrogen) atoms. The summed E-state index contributed by atoms with van der Waals surface area (Å²) in [6.45, 7) is 3.32. The maximum Gasteiger partial charge on any atom is 0.472 e. The van der Waals surface area contributed by atoms with Crippen molar-refractivity contribution in [1.82, 2.24) is 0 Å². The molecule has 0 radical (unpaired) electrons. The molecule has 342 valence electrons. The van der Waals surface area contributed by atoms with E-state index >= 15 is 0 Å². The number of aliphatic hydroxyl groups excluding tert-OH is 2. The van der Waals surface area contributed by atoms with Gasteiger partial charge in [-0.3, -0.25) is 13.8 Å². The smallest absolute Gasteiger partial charge is 0.457 e. The lowest BCUT2D eigenvalue weighted by molar-refractivity contribution is -0.154. The number of carbonyl (C=O) groups excluding carboxylic acids is 1. The van der Waals surface area contributed by atoms with E-state index in [4.69, 9.17) is 23.6 Å². The van der Waals surface area contributed by atoms with Gasteiger partial charge in [0.25, 0.3) is 0 Å². The zero-order valence-electron chi connectivity index (χ0n) is 37.4. The van der Waals surface area contributed by atoms with Crippen LogP contribution in [0.15, 0.2) is 72.9 Å². The third-order valence-corrected chi connectivity index (χ3v) is 10.6. The lowest BCUT2D eigenvalue weighted by Gasteiger charge is -2.20. The molecule has 0 aliphatic rings. The van der Waals surface area contributed by atoms with Crippen LogP contribution in [0.4, 0.5) is 0 Å². The minimum absolute atomic E-state index is 0.0178. The van der Waals surface area contributed by atoms with Crippen LogP contribution in [0.25, 0.3) is 0 Å². The summed E-state index contributed by atoms with van der Waals surface area (Å²) in [6.07, 6.45) is 54.5. The van der Waals surface area contributed by atoms with Crippen LogP contribution in [0.5, 0.6) is 0 Å². The van der Waals surface area contributed by atoms with Crippen LogP contribution in [-0.2, 0) is 27.9 Å². The predicted octanol–water partition coefficient (Wildman–Crippen LogP) is 13.3. The molecule has 10 heteroatoms. The molecule has 0 heterocycles. The van der Waals surface area contributed by atoms with Crippen molar-refractivity contribution in [3.8, 4) is 0 Å². The summed E-state index contributed by atoms with van der Waals surface area (Å²) in [7, 11) is -4.54. The zero-order chi connectivity index (χ0) is 43.2. The molecule has 3 unspecified atom stereocenters. The average Bonchev–Trinajstić information content (AvgIpc) is 3.23. The summed E-state index contributed by atoms with van der Waals surface area (Å²) in [5.74, 6) is -0.463. The Morgan fingerprint density at radius 2 is 0.932 bits per heavy atom. The first-order valence-corrected chi connectivity index (χ1v) is 24.9. The third kappa shape index (κ3) is 45.3. The molecule has 3 atom stereocenters. The second-order valence-corrected chi connectivity index (χ2v) is 16.9. The Morgan fingerprint density at radius 1 is 0.542 bits per heavy atom. The van der Waals surface area contributed by atoms with Crippen molar-refractivity contribution in [2.24, 2.45) is 0 Å². The van der Waals surface area contributed by atoms with Gasteiger partial charge in [-0.15, -0.1) is 0 Å². The van der Waals surface area contributed by atoms with E-state index in [0.29, 0.717) is 13.0 Å². The quantitative estimate of drug-likeness (QED) is 0.0237. The SMILES string of the molecule is CC/C=C\C/C=C\C/C=C\C/C=C\C/C=C\C/C=C\CCC(=O)OC(COCCCCCCCCCCCCCCCCCCCCC)COP(=O)(O)OCC(O)CO. The maximum absolute atomic E-state index is 12.6. The van der Waals surface area contributed by atoms with Crippen molar-refractivity contribution in [3.63, 3.8) is 0 Å². The molecule has 0 aromatic carbocycles. The average molecular weight is 851 g/mol. The van der Waals surface area contributed by atoms with Gasteiger partial charge in [-0.05, 0) is 51.4 Å². The van der Waals surface area contributed by atoms with Gasteiger partial charge >= 0.3 is 13.8 Å². The van der Waals surface area contributed by atoms with E-state index in [2.05, 4.69) is 74.6 Å². The van der Waals surface area contributed by atoms with E-state index in [1.807, 2.05) is 12.2 Å². The number of phosphoric acid groups is 1. The van der Waals surface area contributed by atoms with Crippen LogP contribution >= 0.6 is 7.82 Å². The second-order valence-electron chi connectivity index (χ2n) is 15.4. The summed E-state index contributed by atoms with van der Waals surface area (Å²) < 4.78 is 33.4. The summed E-state index contributed by atoms with van der Waals surface area (Å²) in [4.78, 5) is 22.6. The van der Waals surface area contributed by atoms with E-state index in [1.165, 1.54) is 103 Å². The molecule has 9 nitrogen and oxygen atoms in total. The van der Waals surface area contributed by atoms with Crippen molar-refractivity contribution < 1.29 is 43.0 Å². The van der Waals surface area contributed by atoms with Crippen LogP contribution in [0.1, 0.15) is 187 Å². The second kappa shape index (κ2) is 45.4. The van der Waals surface area contributed by atoms with Crippen LogP contribution in [0.3, 0.4) is 0 Å². The first-order chi connectivity index (χ1) is 28.8. The van der Waals surface area contributed by atoms with Gasteiger partial charge in [0.05, 0.1) is 26.4 Å². The number of esters is 1. The van der Waals surface area contributed by atoms with E-state index < -0.39 is 45.8 Å². The molecule has 0 saturated heterocycles. The molecule has 0 saturated carbocycles. The molecule has 0 bridgehead atoms. The number of hydrogen-bond acceptors (Lipinski definition) is 8.